The Kier molecular flexibility index (Phi) is 3.27. The third-order valence-electron chi connectivity index (χ3n) is 4.36. The Morgan fingerprint density at radius 3 is 3.00 bits per heavy atom. The zero-order chi connectivity index (χ0) is 14.4. The zero-order valence-electron chi connectivity index (χ0n) is 12.1. The van der Waals surface area contributed by atoms with E-state index < -0.39 is 0 Å². The lowest BCUT2D eigenvalue weighted by atomic mass is 10.2. The number of morpholine rings is 1. The number of nitrogens with zero attached hydrogens (tertiary/aromatic N) is 4. The van der Waals surface area contributed by atoms with E-state index in [1.807, 2.05) is 0 Å². The quantitative estimate of drug-likeness (QED) is 0.818. The van der Waals surface area contributed by atoms with E-state index in [9.17, 15) is 0 Å². The first-order chi connectivity index (χ1) is 10.2. The lowest BCUT2D eigenvalue weighted by Crippen LogP contribution is -2.44. The SMILES string of the molecule is C[C@@H]1COCCN1c1nc(Cl)nc2c1ccn2CC1CC1. The van der Waals surface area contributed by atoms with Crippen LogP contribution < -0.4 is 4.90 Å². The van der Waals surface area contributed by atoms with Crippen molar-refractivity contribution in [3.05, 3.63) is 17.5 Å². The molecule has 112 valence electrons. The minimum Gasteiger partial charge on any atom is -0.377 e. The molecule has 0 unspecified atom stereocenters. The molecule has 0 bridgehead atoms. The zero-order valence-corrected chi connectivity index (χ0v) is 12.9. The predicted molar refractivity (Wildman–Crippen MR) is 82.9 cm³/mol. The van der Waals surface area contributed by atoms with Gasteiger partial charge in [0.25, 0.3) is 0 Å². The molecule has 3 heterocycles. The molecule has 0 spiro atoms. The Labute approximate surface area is 128 Å². The van der Waals surface area contributed by atoms with Gasteiger partial charge in [-0.3, -0.25) is 0 Å². The van der Waals surface area contributed by atoms with Gasteiger partial charge in [-0.1, -0.05) is 0 Å². The van der Waals surface area contributed by atoms with Gasteiger partial charge in [-0.15, -0.1) is 0 Å². The summed E-state index contributed by atoms with van der Waals surface area (Å²) >= 11 is 6.18. The molecule has 1 saturated carbocycles. The van der Waals surface area contributed by atoms with Crippen molar-refractivity contribution in [2.45, 2.75) is 32.4 Å². The first-order valence-electron chi connectivity index (χ1n) is 7.59. The van der Waals surface area contributed by atoms with Gasteiger partial charge in [0, 0.05) is 19.3 Å². The fourth-order valence-corrected chi connectivity index (χ4v) is 3.17. The summed E-state index contributed by atoms with van der Waals surface area (Å²) in [6.45, 7) is 5.50. The highest BCUT2D eigenvalue weighted by Crippen LogP contribution is 2.34. The molecule has 1 atom stereocenters. The summed E-state index contributed by atoms with van der Waals surface area (Å²) in [5.41, 5.74) is 0.954. The van der Waals surface area contributed by atoms with Gasteiger partial charge < -0.3 is 14.2 Å². The van der Waals surface area contributed by atoms with Crippen LogP contribution in [-0.2, 0) is 11.3 Å². The standard InChI is InChI=1S/C15H19ClN4O/c1-10-9-21-7-6-20(10)14-12-4-5-19(8-11-2-3-11)13(12)17-15(16)18-14/h4-5,10-11H,2-3,6-9H2,1H3/t10-/m1/s1. The summed E-state index contributed by atoms with van der Waals surface area (Å²) in [4.78, 5) is 11.2. The van der Waals surface area contributed by atoms with Gasteiger partial charge in [-0.25, -0.2) is 0 Å². The molecule has 1 aliphatic heterocycles. The summed E-state index contributed by atoms with van der Waals surface area (Å²) in [5.74, 6) is 1.75. The number of rotatable bonds is 3. The average Bonchev–Trinajstić information content (AvgIpc) is 3.20. The summed E-state index contributed by atoms with van der Waals surface area (Å²) in [5, 5.41) is 1.42. The second-order valence-corrected chi connectivity index (χ2v) is 6.42. The van der Waals surface area contributed by atoms with Crippen LogP contribution in [0.4, 0.5) is 5.82 Å². The molecule has 2 aromatic rings. The summed E-state index contributed by atoms with van der Waals surface area (Å²) in [6, 6.07) is 2.42. The van der Waals surface area contributed by atoms with E-state index in [1.54, 1.807) is 0 Å². The molecular formula is C15H19ClN4O. The van der Waals surface area contributed by atoms with Gasteiger partial charge in [0.2, 0.25) is 5.28 Å². The molecule has 4 rings (SSSR count). The molecule has 0 aromatic carbocycles. The number of halogens is 1. The van der Waals surface area contributed by atoms with Crippen molar-refractivity contribution in [1.29, 1.82) is 0 Å². The average molecular weight is 307 g/mol. The predicted octanol–water partition coefficient (Wildman–Crippen LogP) is 2.72. The Balaban J connectivity index is 1.78. The lowest BCUT2D eigenvalue weighted by Gasteiger charge is -2.34. The third-order valence-corrected chi connectivity index (χ3v) is 4.53. The molecule has 1 aliphatic carbocycles. The summed E-state index contributed by atoms with van der Waals surface area (Å²) in [6.07, 6.45) is 4.76. The highest BCUT2D eigenvalue weighted by atomic mass is 35.5. The maximum Gasteiger partial charge on any atom is 0.226 e. The van der Waals surface area contributed by atoms with Crippen molar-refractivity contribution in [3.63, 3.8) is 0 Å². The fraction of sp³-hybridized carbons (Fsp3) is 0.600. The highest BCUT2D eigenvalue weighted by Gasteiger charge is 2.26. The van der Waals surface area contributed by atoms with Crippen molar-refractivity contribution in [3.8, 4) is 0 Å². The lowest BCUT2D eigenvalue weighted by molar-refractivity contribution is 0.0987. The van der Waals surface area contributed by atoms with Crippen LogP contribution in [0.15, 0.2) is 12.3 Å². The van der Waals surface area contributed by atoms with Crippen LogP contribution in [0.25, 0.3) is 11.0 Å². The highest BCUT2D eigenvalue weighted by molar-refractivity contribution is 6.28. The molecule has 1 saturated heterocycles. The van der Waals surface area contributed by atoms with E-state index >= 15 is 0 Å². The van der Waals surface area contributed by atoms with Crippen LogP contribution in [0, 0.1) is 5.92 Å². The molecule has 2 fully saturated rings. The molecule has 5 nitrogen and oxygen atoms in total. The molecule has 2 aromatic heterocycles. The van der Waals surface area contributed by atoms with Gasteiger partial charge >= 0.3 is 0 Å². The number of fused-ring (bicyclic) bond motifs is 1. The Morgan fingerprint density at radius 1 is 1.38 bits per heavy atom. The largest absolute Gasteiger partial charge is 0.377 e. The molecule has 2 aliphatic rings. The van der Waals surface area contributed by atoms with Gasteiger partial charge in [0.05, 0.1) is 24.6 Å². The van der Waals surface area contributed by atoms with Crippen molar-refractivity contribution in [2.75, 3.05) is 24.7 Å². The number of hydrogen-bond donors (Lipinski definition) is 0. The fourth-order valence-electron chi connectivity index (χ4n) is 3.01. The van der Waals surface area contributed by atoms with Crippen molar-refractivity contribution >= 4 is 28.5 Å². The monoisotopic (exact) mass is 306 g/mol. The Morgan fingerprint density at radius 2 is 2.24 bits per heavy atom. The van der Waals surface area contributed by atoms with Crippen LogP contribution >= 0.6 is 11.6 Å². The number of anilines is 1. The van der Waals surface area contributed by atoms with Crippen LogP contribution in [0.3, 0.4) is 0 Å². The summed E-state index contributed by atoms with van der Waals surface area (Å²) in [7, 11) is 0. The van der Waals surface area contributed by atoms with Crippen molar-refractivity contribution in [2.24, 2.45) is 5.92 Å². The summed E-state index contributed by atoms with van der Waals surface area (Å²) < 4.78 is 7.74. The van der Waals surface area contributed by atoms with E-state index in [2.05, 4.69) is 38.6 Å². The number of ether oxygens (including phenoxy) is 1. The van der Waals surface area contributed by atoms with E-state index in [0.29, 0.717) is 11.3 Å². The maximum atomic E-state index is 6.18. The number of hydrogen-bond acceptors (Lipinski definition) is 4. The molecule has 0 radical (unpaired) electrons. The van der Waals surface area contributed by atoms with E-state index in [0.717, 1.165) is 49.1 Å². The molecule has 0 amide bonds. The minimum absolute atomic E-state index is 0.305. The normalized spacial score (nSPS) is 23.0. The second-order valence-electron chi connectivity index (χ2n) is 6.08. The molecule has 0 N–H and O–H groups in total. The molecular weight excluding hydrogens is 288 g/mol. The third kappa shape index (κ3) is 2.49. The smallest absolute Gasteiger partial charge is 0.226 e. The second kappa shape index (κ2) is 5.14. The minimum atomic E-state index is 0.305. The Hall–Kier alpha value is -1.33. The maximum absolute atomic E-state index is 6.18. The van der Waals surface area contributed by atoms with E-state index in [4.69, 9.17) is 16.3 Å². The van der Waals surface area contributed by atoms with Crippen LogP contribution in [-0.4, -0.2) is 40.3 Å². The van der Waals surface area contributed by atoms with Crippen molar-refractivity contribution in [1.82, 2.24) is 14.5 Å². The van der Waals surface area contributed by atoms with Gasteiger partial charge in [0.1, 0.15) is 11.5 Å². The van der Waals surface area contributed by atoms with Gasteiger partial charge in [-0.05, 0) is 43.4 Å². The van der Waals surface area contributed by atoms with Gasteiger partial charge in [0.15, 0.2) is 0 Å². The van der Waals surface area contributed by atoms with Crippen molar-refractivity contribution < 1.29 is 4.74 Å². The van der Waals surface area contributed by atoms with Crippen LogP contribution in [0.2, 0.25) is 5.28 Å². The topological polar surface area (TPSA) is 43.2 Å². The van der Waals surface area contributed by atoms with Crippen LogP contribution in [0.5, 0.6) is 0 Å². The van der Waals surface area contributed by atoms with E-state index in [-0.39, 0.29) is 0 Å². The molecule has 21 heavy (non-hydrogen) atoms. The first kappa shape index (κ1) is 13.3. The number of aromatic nitrogens is 3. The van der Waals surface area contributed by atoms with Gasteiger partial charge in [-0.2, -0.15) is 9.97 Å². The van der Waals surface area contributed by atoms with Crippen LogP contribution in [0.1, 0.15) is 19.8 Å². The first-order valence-corrected chi connectivity index (χ1v) is 7.97. The Bertz CT molecular complexity index is 667. The molecule has 6 heteroatoms. The van der Waals surface area contributed by atoms with E-state index in [1.165, 1.54) is 12.8 Å².